The highest BCUT2D eigenvalue weighted by Gasteiger charge is 1.97. The highest BCUT2D eigenvalue weighted by atomic mass is 35.5. The first-order chi connectivity index (χ1) is 5.77. The van der Waals surface area contributed by atoms with Crippen LogP contribution < -0.4 is 0 Å². The van der Waals surface area contributed by atoms with Gasteiger partial charge in [-0.3, -0.25) is 0 Å². The maximum Gasteiger partial charge on any atom is 0.0490 e. The molecule has 1 radical (unpaired) electrons. The SMILES string of the molecule is Clc1c[c]c2c(Cl)cccc2c1. The maximum atomic E-state index is 5.94. The summed E-state index contributed by atoms with van der Waals surface area (Å²) in [4.78, 5) is 0. The summed E-state index contributed by atoms with van der Waals surface area (Å²) in [6, 6.07) is 12.3. The van der Waals surface area contributed by atoms with E-state index < -0.39 is 0 Å². The van der Waals surface area contributed by atoms with Crippen molar-refractivity contribution in [1.82, 2.24) is 0 Å². The smallest absolute Gasteiger partial charge is 0.0490 e. The molecule has 2 aromatic carbocycles. The van der Waals surface area contributed by atoms with Gasteiger partial charge in [-0.05, 0) is 29.7 Å². The van der Waals surface area contributed by atoms with Crippen LogP contribution in [0.4, 0.5) is 0 Å². The molecule has 2 aromatic rings. The van der Waals surface area contributed by atoms with E-state index in [0.717, 1.165) is 10.8 Å². The summed E-state index contributed by atoms with van der Waals surface area (Å²) in [6.07, 6.45) is 0. The highest BCUT2D eigenvalue weighted by Crippen LogP contribution is 2.24. The standard InChI is InChI=1S/C10H5Cl2/c11-8-4-5-9-7(6-8)2-1-3-10(9)12/h1-4,6H. The molecule has 0 aliphatic rings. The Bertz CT molecular complexity index is 421. The Morgan fingerprint density at radius 1 is 1.17 bits per heavy atom. The van der Waals surface area contributed by atoms with Crippen LogP contribution in [-0.4, -0.2) is 0 Å². The molecule has 0 heterocycles. The molecule has 0 bridgehead atoms. The molecule has 0 unspecified atom stereocenters. The Hall–Kier alpha value is -0.720. The van der Waals surface area contributed by atoms with Crippen LogP contribution in [0.2, 0.25) is 10.0 Å². The maximum absolute atomic E-state index is 5.94. The van der Waals surface area contributed by atoms with Gasteiger partial charge in [-0.2, -0.15) is 0 Å². The van der Waals surface area contributed by atoms with Gasteiger partial charge in [-0.15, -0.1) is 0 Å². The van der Waals surface area contributed by atoms with Gasteiger partial charge >= 0.3 is 0 Å². The highest BCUT2D eigenvalue weighted by molar-refractivity contribution is 6.36. The van der Waals surface area contributed by atoms with E-state index in [2.05, 4.69) is 6.07 Å². The normalized spacial score (nSPS) is 10.5. The lowest BCUT2D eigenvalue weighted by Crippen LogP contribution is -1.73. The van der Waals surface area contributed by atoms with Crippen LogP contribution in [0.15, 0.2) is 30.3 Å². The minimum atomic E-state index is 0.685. The van der Waals surface area contributed by atoms with E-state index in [1.54, 1.807) is 6.07 Å². The molecule has 2 rings (SSSR count). The number of fused-ring (bicyclic) bond motifs is 1. The first-order valence-electron chi connectivity index (χ1n) is 3.53. The third kappa shape index (κ3) is 1.28. The number of halogens is 2. The Labute approximate surface area is 80.7 Å². The molecule has 0 saturated carbocycles. The van der Waals surface area contributed by atoms with Gasteiger partial charge in [-0.25, -0.2) is 0 Å². The largest absolute Gasteiger partial charge is 0.0843 e. The molecule has 0 atom stereocenters. The summed E-state index contributed by atoms with van der Waals surface area (Å²) in [7, 11) is 0. The van der Waals surface area contributed by atoms with E-state index in [1.165, 1.54) is 0 Å². The Morgan fingerprint density at radius 2 is 2.00 bits per heavy atom. The lowest BCUT2D eigenvalue weighted by Gasteiger charge is -1.98. The van der Waals surface area contributed by atoms with Crippen molar-refractivity contribution in [2.75, 3.05) is 0 Å². The van der Waals surface area contributed by atoms with Crippen LogP contribution in [0.25, 0.3) is 10.8 Å². The summed E-state index contributed by atoms with van der Waals surface area (Å²) in [5.41, 5.74) is 0. The first kappa shape index (κ1) is 7.90. The van der Waals surface area contributed by atoms with E-state index in [1.807, 2.05) is 24.3 Å². The molecule has 0 fully saturated rings. The lowest BCUT2D eigenvalue weighted by molar-refractivity contribution is 1.73. The zero-order valence-corrected chi connectivity index (χ0v) is 7.65. The van der Waals surface area contributed by atoms with Gasteiger partial charge in [0, 0.05) is 15.4 Å². The van der Waals surface area contributed by atoms with Gasteiger partial charge in [0.25, 0.3) is 0 Å². The minimum Gasteiger partial charge on any atom is -0.0843 e. The first-order valence-corrected chi connectivity index (χ1v) is 4.28. The third-order valence-electron chi connectivity index (χ3n) is 1.69. The molecule has 0 amide bonds. The van der Waals surface area contributed by atoms with E-state index in [-0.39, 0.29) is 0 Å². The average Bonchev–Trinajstić information content (AvgIpc) is 2.04. The Balaban J connectivity index is 2.86. The van der Waals surface area contributed by atoms with Crippen molar-refractivity contribution in [1.29, 1.82) is 0 Å². The van der Waals surface area contributed by atoms with Crippen molar-refractivity contribution >= 4 is 34.0 Å². The molecule has 0 nitrogen and oxygen atoms in total. The second-order valence-electron chi connectivity index (χ2n) is 2.52. The summed E-state index contributed by atoms with van der Waals surface area (Å²) in [5, 5.41) is 3.34. The number of hydrogen-bond acceptors (Lipinski definition) is 0. The molecule has 59 valence electrons. The molecule has 0 spiro atoms. The van der Waals surface area contributed by atoms with Gasteiger partial charge < -0.3 is 0 Å². The van der Waals surface area contributed by atoms with Crippen molar-refractivity contribution in [3.05, 3.63) is 46.4 Å². The number of rotatable bonds is 0. The van der Waals surface area contributed by atoms with Crippen LogP contribution in [0.3, 0.4) is 0 Å². The van der Waals surface area contributed by atoms with Crippen molar-refractivity contribution in [3.63, 3.8) is 0 Å². The molecule has 0 aliphatic heterocycles. The molecule has 0 aliphatic carbocycles. The van der Waals surface area contributed by atoms with E-state index in [0.29, 0.717) is 10.0 Å². The monoisotopic (exact) mass is 195 g/mol. The van der Waals surface area contributed by atoms with Crippen molar-refractivity contribution in [2.45, 2.75) is 0 Å². The summed E-state index contributed by atoms with van der Waals surface area (Å²) < 4.78 is 0. The van der Waals surface area contributed by atoms with Gasteiger partial charge in [0.15, 0.2) is 0 Å². The van der Waals surface area contributed by atoms with E-state index in [4.69, 9.17) is 23.2 Å². The van der Waals surface area contributed by atoms with Crippen LogP contribution in [-0.2, 0) is 0 Å². The Morgan fingerprint density at radius 3 is 2.83 bits per heavy atom. The van der Waals surface area contributed by atoms with Crippen LogP contribution in [0, 0.1) is 6.07 Å². The second kappa shape index (κ2) is 2.96. The predicted octanol–water partition coefficient (Wildman–Crippen LogP) is 3.95. The van der Waals surface area contributed by atoms with Gasteiger partial charge in [0.05, 0.1) is 0 Å². The minimum absolute atomic E-state index is 0.685. The zero-order chi connectivity index (χ0) is 8.55. The molecule has 0 N–H and O–H groups in total. The zero-order valence-electron chi connectivity index (χ0n) is 6.14. The quantitative estimate of drug-likeness (QED) is 0.598. The van der Waals surface area contributed by atoms with Crippen LogP contribution in [0.5, 0.6) is 0 Å². The third-order valence-corrected chi connectivity index (χ3v) is 2.23. The van der Waals surface area contributed by atoms with Gasteiger partial charge in [-0.1, -0.05) is 35.3 Å². The molecule has 2 heteroatoms. The summed E-state index contributed by atoms with van der Waals surface area (Å²) >= 11 is 11.7. The fourth-order valence-corrected chi connectivity index (χ4v) is 1.55. The van der Waals surface area contributed by atoms with Crippen molar-refractivity contribution in [2.24, 2.45) is 0 Å². The summed E-state index contributed by atoms with van der Waals surface area (Å²) in [5.74, 6) is 0. The van der Waals surface area contributed by atoms with Gasteiger partial charge in [0.1, 0.15) is 0 Å². The molecule has 12 heavy (non-hydrogen) atoms. The van der Waals surface area contributed by atoms with Gasteiger partial charge in [0.2, 0.25) is 0 Å². The fraction of sp³-hybridized carbons (Fsp3) is 0. The number of benzene rings is 2. The Kier molecular flexibility index (Phi) is 1.95. The molecule has 0 aromatic heterocycles. The van der Waals surface area contributed by atoms with Crippen molar-refractivity contribution < 1.29 is 0 Å². The van der Waals surface area contributed by atoms with E-state index in [9.17, 15) is 0 Å². The molecule has 0 saturated heterocycles. The summed E-state index contributed by atoms with van der Waals surface area (Å²) in [6.45, 7) is 0. The lowest BCUT2D eigenvalue weighted by atomic mass is 10.1. The van der Waals surface area contributed by atoms with Crippen LogP contribution in [0.1, 0.15) is 0 Å². The van der Waals surface area contributed by atoms with Crippen LogP contribution >= 0.6 is 23.2 Å². The predicted molar refractivity (Wildman–Crippen MR) is 52.8 cm³/mol. The number of hydrogen-bond donors (Lipinski definition) is 0. The fourth-order valence-electron chi connectivity index (χ4n) is 1.14. The topological polar surface area (TPSA) is 0 Å². The molecular weight excluding hydrogens is 191 g/mol. The van der Waals surface area contributed by atoms with Crippen molar-refractivity contribution in [3.8, 4) is 0 Å². The van der Waals surface area contributed by atoms with E-state index >= 15 is 0 Å². The average molecular weight is 196 g/mol. The molecular formula is C10H5Cl2. The second-order valence-corrected chi connectivity index (χ2v) is 3.37.